The van der Waals surface area contributed by atoms with E-state index in [1.807, 2.05) is 45.3 Å². The molecular weight excluding hydrogens is 306 g/mol. The summed E-state index contributed by atoms with van der Waals surface area (Å²) < 4.78 is 7.33. The van der Waals surface area contributed by atoms with Gasteiger partial charge in [0, 0.05) is 26.2 Å². The maximum atomic E-state index is 11.9. The van der Waals surface area contributed by atoms with Crippen LogP contribution in [0, 0.1) is 0 Å². The molecule has 0 aliphatic rings. The summed E-state index contributed by atoms with van der Waals surface area (Å²) in [5.41, 5.74) is 1.74. The minimum Gasteiger partial charge on any atom is -0.491 e. The van der Waals surface area contributed by atoms with Crippen LogP contribution in [-0.2, 0) is 18.3 Å². The number of amides is 1. The third-order valence-electron chi connectivity index (χ3n) is 3.51. The van der Waals surface area contributed by atoms with Gasteiger partial charge in [-0.05, 0) is 43.5 Å². The topological polar surface area (TPSA) is 76.4 Å². The third-order valence-corrected chi connectivity index (χ3v) is 3.51. The van der Waals surface area contributed by atoms with Gasteiger partial charge in [0.05, 0.1) is 18.4 Å². The largest absolute Gasteiger partial charge is 0.491 e. The highest BCUT2D eigenvalue weighted by Gasteiger charge is 2.11. The molecule has 1 atom stereocenters. The number of aryl methyl sites for hydroxylation is 2. The van der Waals surface area contributed by atoms with Gasteiger partial charge in [-0.15, -0.1) is 0 Å². The van der Waals surface area contributed by atoms with E-state index < -0.39 is 6.10 Å². The zero-order chi connectivity index (χ0) is 17.5. The van der Waals surface area contributed by atoms with Crippen LogP contribution in [0.15, 0.2) is 36.7 Å². The van der Waals surface area contributed by atoms with Crippen molar-refractivity contribution in [3.63, 3.8) is 0 Å². The van der Waals surface area contributed by atoms with Gasteiger partial charge < -0.3 is 15.2 Å². The summed E-state index contributed by atoms with van der Waals surface area (Å²) in [6.07, 6.45) is 3.96. The van der Waals surface area contributed by atoms with E-state index in [-0.39, 0.29) is 18.6 Å². The summed E-state index contributed by atoms with van der Waals surface area (Å²) in [6.45, 7) is 4.08. The molecule has 0 aliphatic carbocycles. The van der Waals surface area contributed by atoms with Crippen molar-refractivity contribution < 1.29 is 14.6 Å². The SMILES string of the molecule is CC(C)Oc1cccc(C(O)CNC(=O)CCc2cnn(C)c2)c1. The van der Waals surface area contributed by atoms with E-state index in [9.17, 15) is 9.90 Å². The van der Waals surface area contributed by atoms with E-state index in [4.69, 9.17) is 4.74 Å². The van der Waals surface area contributed by atoms with Crippen LogP contribution in [0.5, 0.6) is 5.75 Å². The molecule has 0 spiro atoms. The number of carbonyl (C=O) groups excluding carboxylic acids is 1. The molecule has 130 valence electrons. The zero-order valence-electron chi connectivity index (χ0n) is 14.4. The lowest BCUT2D eigenvalue weighted by atomic mass is 10.1. The predicted octanol–water partition coefficient (Wildman–Crippen LogP) is 1.99. The molecule has 0 saturated carbocycles. The van der Waals surface area contributed by atoms with Crippen LogP contribution in [0.25, 0.3) is 0 Å². The smallest absolute Gasteiger partial charge is 0.220 e. The first-order chi connectivity index (χ1) is 11.4. The fourth-order valence-corrected chi connectivity index (χ4v) is 2.34. The average Bonchev–Trinajstić information content (AvgIpc) is 2.95. The second-order valence-corrected chi connectivity index (χ2v) is 6.08. The molecule has 6 heteroatoms. The van der Waals surface area contributed by atoms with Crippen molar-refractivity contribution in [1.82, 2.24) is 15.1 Å². The molecule has 1 amide bonds. The van der Waals surface area contributed by atoms with Crippen molar-refractivity contribution >= 4 is 5.91 Å². The van der Waals surface area contributed by atoms with Gasteiger partial charge in [-0.25, -0.2) is 0 Å². The van der Waals surface area contributed by atoms with E-state index in [0.29, 0.717) is 18.6 Å². The Hall–Kier alpha value is -2.34. The molecule has 6 nitrogen and oxygen atoms in total. The van der Waals surface area contributed by atoms with Gasteiger partial charge in [0.1, 0.15) is 5.75 Å². The summed E-state index contributed by atoms with van der Waals surface area (Å²) in [6, 6.07) is 7.30. The lowest BCUT2D eigenvalue weighted by molar-refractivity contribution is -0.121. The number of hydrogen-bond donors (Lipinski definition) is 2. The molecule has 0 radical (unpaired) electrons. The number of nitrogens with one attached hydrogen (secondary N) is 1. The van der Waals surface area contributed by atoms with Crippen molar-refractivity contribution in [2.24, 2.45) is 7.05 Å². The Kier molecular flexibility index (Phi) is 6.37. The van der Waals surface area contributed by atoms with E-state index in [1.54, 1.807) is 16.9 Å². The highest BCUT2D eigenvalue weighted by Crippen LogP contribution is 2.20. The standard InChI is InChI=1S/C18H25N3O3/c1-13(2)24-16-6-4-5-15(9-16)17(22)11-19-18(23)8-7-14-10-20-21(3)12-14/h4-6,9-10,12-13,17,22H,7-8,11H2,1-3H3,(H,19,23). The first-order valence-corrected chi connectivity index (χ1v) is 8.13. The summed E-state index contributed by atoms with van der Waals surface area (Å²) in [4.78, 5) is 11.9. The quantitative estimate of drug-likeness (QED) is 0.775. The van der Waals surface area contributed by atoms with Crippen LogP contribution in [-0.4, -0.2) is 33.4 Å². The van der Waals surface area contributed by atoms with Crippen molar-refractivity contribution in [3.05, 3.63) is 47.8 Å². The number of rotatable bonds is 8. The molecule has 1 unspecified atom stereocenters. The number of benzene rings is 1. The average molecular weight is 331 g/mol. The molecule has 2 rings (SSSR count). The summed E-state index contributed by atoms with van der Waals surface area (Å²) >= 11 is 0. The minimum atomic E-state index is -0.761. The molecule has 24 heavy (non-hydrogen) atoms. The Morgan fingerprint density at radius 2 is 2.21 bits per heavy atom. The third kappa shape index (κ3) is 5.70. The monoisotopic (exact) mass is 331 g/mol. The first-order valence-electron chi connectivity index (χ1n) is 8.13. The molecule has 2 aromatic rings. The summed E-state index contributed by atoms with van der Waals surface area (Å²) in [5, 5.41) is 17.1. The van der Waals surface area contributed by atoms with Crippen molar-refractivity contribution in [2.75, 3.05) is 6.54 Å². The second-order valence-electron chi connectivity index (χ2n) is 6.08. The maximum Gasteiger partial charge on any atom is 0.220 e. The molecule has 2 N–H and O–H groups in total. The molecule has 1 heterocycles. The maximum absolute atomic E-state index is 11.9. The van der Waals surface area contributed by atoms with E-state index in [2.05, 4.69) is 10.4 Å². The van der Waals surface area contributed by atoms with Gasteiger partial charge in [0.25, 0.3) is 0 Å². The highest BCUT2D eigenvalue weighted by atomic mass is 16.5. The van der Waals surface area contributed by atoms with Crippen LogP contribution in [0.3, 0.4) is 0 Å². The summed E-state index contributed by atoms with van der Waals surface area (Å²) in [7, 11) is 1.84. The molecule has 1 aromatic heterocycles. The number of ether oxygens (including phenoxy) is 1. The Balaban J connectivity index is 1.79. The van der Waals surface area contributed by atoms with E-state index in [0.717, 1.165) is 11.1 Å². The lowest BCUT2D eigenvalue weighted by Gasteiger charge is -2.15. The molecule has 0 fully saturated rings. The van der Waals surface area contributed by atoms with E-state index in [1.165, 1.54) is 0 Å². The van der Waals surface area contributed by atoms with Gasteiger partial charge in [0.15, 0.2) is 0 Å². The van der Waals surface area contributed by atoms with Crippen molar-refractivity contribution in [1.29, 1.82) is 0 Å². The van der Waals surface area contributed by atoms with Gasteiger partial charge in [-0.2, -0.15) is 5.10 Å². The first kappa shape index (κ1) is 18.0. The molecule has 1 aromatic carbocycles. The molecule has 0 bridgehead atoms. The normalized spacial score (nSPS) is 12.2. The Bertz CT molecular complexity index is 667. The highest BCUT2D eigenvalue weighted by molar-refractivity contribution is 5.76. The summed E-state index contributed by atoms with van der Waals surface area (Å²) in [5.74, 6) is 0.622. The molecule has 0 aliphatic heterocycles. The van der Waals surface area contributed by atoms with Gasteiger partial charge in [-0.1, -0.05) is 12.1 Å². The number of aliphatic hydroxyl groups is 1. The van der Waals surface area contributed by atoms with E-state index >= 15 is 0 Å². The number of aliphatic hydroxyl groups excluding tert-OH is 1. The van der Waals surface area contributed by atoms with Crippen LogP contribution < -0.4 is 10.1 Å². The van der Waals surface area contributed by atoms with Crippen LogP contribution in [0.2, 0.25) is 0 Å². The minimum absolute atomic E-state index is 0.0737. The second kappa shape index (κ2) is 8.49. The fourth-order valence-electron chi connectivity index (χ4n) is 2.34. The number of carbonyl (C=O) groups is 1. The van der Waals surface area contributed by atoms with Gasteiger partial charge in [-0.3, -0.25) is 9.48 Å². The van der Waals surface area contributed by atoms with Crippen LogP contribution in [0.4, 0.5) is 0 Å². The van der Waals surface area contributed by atoms with Crippen LogP contribution in [0.1, 0.15) is 37.5 Å². The Morgan fingerprint density at radius 3 is 2.88 bits per heavy atom. The Morgan fingerprint density at radius 1 is 1.42 bits per heavy atom. The van der Waals surface area contributed by atoms with Crippen molar-refractivity contribution in [2.45, 2.75) is 38.9 Å². The Labute approximate surface area is 142 Å². The van der Waals surface area contributed by atoms with Gasteiger partial charge >= 0.3 is 0 Å². The zero-order valence-corrected chi connectivity index (χ0v) is 14.4. The van der Waals surface area contributed by atoms with Crippen LogP contribution >= 0.6 is 0 Å². The number of hydrogen-bond acceptors (Lipinski definition) is 4. The lowest BCUT2D eigenvalue weighted by Crippen LogP contribution is -2.28. The van der Waals surface area contributed by atoms with Crippen molar-refractivity contribution in [3.8, 4) is 5.75 Å². The number of aromatic nitrogens is 2. The fraction of sp³-hybridized carbons (Fsp3) is 0.444. The predicted molar refractivity (Wildman–Crippen MR) is 91.7 cm³/mol. The van der Waals surface area contributed by atoms with Gasteiger partial charge in [0.2, 0.25) is 5.91 Å². The number of nitrogens with zero attached hydrogens (tertiary/aromatic N) is 2. The molecule has 0 saturated heterocycles. The molecular formula is C18H25N3O3.